The van der Waals surface area contributed by atoms with Crippen LogP contribution in [0.3, 0.4) is 0 Å². The first-order valence-corrected chi connectivity index (χ1v) is 6.90. The van der Waals surface area contributed by atoms with Crippen LogP contribution in [0.2, 0.25) is 0 Å². The maximum atomic E-state index is 13.7. The first kappa shape index (κ1) is 14.1. The highest BCUT2D eigenvalue weighted by Gasteiger charge is 2.06. The fourth-order valence-electron chi connectivity index (χ4n) is 1.63. The van der Waals surface area contributed by atoms with Gasteiger partial charge in [0.2, 0.25) is 0 Å². The van der Waals surface area contributed by atoms with Gasteiger partial charge in [0.05, 0.1) is 18.4 Å². The standard InChI is InChI=1S/C13H16BrFN4/c1-9(2)16-6-12-8-19(18-17-12)7-10-3-4-11(14)5-13(10)15/h3-5,8-9,16H,6-7H2,1-2H3. The maximum absolute atomic E-state index is 13.7. The molecule has 1 aromatic heterocycles. The van der Waals surface area contributed by atoms with E-state index in [1.165, 1.54) is 6.07 Å². The van der Waals surface area contributed by atoms with Crippen LogP contribution in [0, 0.1) is 5.82 Å². The van der Waals surface area contributed by atoms with Crippen LogP contribution in [-0.4, -0.2) is 21.0 Å². The Labute approximate surface area is 120 Å². The van der Waals surface area contributed by atoms with Crippen molar-refractivity contribution in [3.05, 3.63) is 45.9 Å². The van der Waals surface area contributed by atoms with Gasteiger partial charge in [-0.1, -0.05) is 41.1 Å². The van der Waals surface area contributed by atoms with Crippen molar-refractivity contribution in [2.24, 2.45) is 0 Å². The smallest absolute Gasteiger partial charge is 0.129 e. The molecule has 0 fully saturated rings. The van der Waals surface area contributed by atoms with Gasteiger partial charge in [-0.25, -0.2) is 9.07 Å². The Morgan fingerprint density at radius 2 is 2.21 bits per heavy atom. The molecule has 1 aromatic carbocycles. The third kappa shape index (κ3) is 4.11. The average Bonchev–Trinajstić information content (AvgIpc) is 2.78. The number of nitrogens with zero attached hydrogens (tertiary/aromatic N) is 3. The zero-order valence-electron chi connectivity index (χ0n) is 10.9. The van der Waals surface area contributed by atoms with Crippen LogP contribution in [0.15, 0.2) is 28.9 Å². The van der Waals surface area contributed by atoms with Gasteiger partial charge in [-0.2, -0.15) is 0 Å². The number of hydrogen-bond acceptors (Lipinski definition) is 3. The Morgan fingerprint density at radius 3 is 2.89 bits per heavy atom. The van der Waals surface area contributed by atoms with Gasteiger partial charge in [0.1, 0.15) is 5.82 Å². The first-order chi connectivity index (χ1) is 9.04. The number of nitrogens with one attached hydrogen (secondary N) is 1. The van der Waals surface area contributed by atoms with E-state index in [9.17, 15) is 4.39 Å². The topological polar surface area (TPSA) is 42.7 Å². The molecule has 1 heterocycles. The van der Waals surface area contributed by atoms with E-state index in [2.05, 4.69) is 45.4 Å². The van der Waals surface area contributed by atoms with Crippen LogP contribution in [0.4, 0.5) is 4.39 Å². The molecule has 0 bridgehead atoms. The summed E-state index contributed by atoms with van der Waals surface area (Å²) in [6.45, 7) is 5.19. The summed E-state index contributed by atoms with van der Waals surface area (Å²) in [7, 11) is 0. The second kappa shape index (κ2) is 6.25. The average molecular weight is 327 g/mol. The van der Waals surface area contributed by atoms with Crippen molar-refractivity contribution in [3.63, 3.8) is 0 Å². The van der Waals surface area contributed by atoms with Crippen molar-refractivity contribution < 1.29 is 4.39 Å². The molecule has 0 radical (unpaired) electrons. The second-order valence-electron chi connectivity index (χ2n) is 4.68. The SMILES string of the molecule is CC(C)NCc1cn(Cc2ccc(Br)cc2F)nn1. The van der Waals surface area contributed by atoms with Crippen LogP contribution >= 0.6 is 15.9 Å². The number of hydrogen-bond donors (Lipinski definition) is 1. The van der Waals surface area contributed by atoms with Gasteiger partial charge in [0, 0.05) is 22.6 Å². The first-order valence-electron chi connectivity index (χ1n) is 6.11. The summed E-state index contributed by atoms with van der Waals surface area (Å²) in [6.07, 6.45) is 1.83. The summed E-state index contributed by atoms with van der Waals surface area (Å²) in [5.41, 5.74) is 1.45. The summed E-state index contributed by atoms with van der Waals surface area (Å²) < 4.78 is 16.1. The van der Waals surface area contributed by atoms with Crippen LogP contribution in [-0.2, 0) is 13.1 Å². The lowest BCUT2D eigenvalue weighted by molar-refractivity contribution is 0.575. The molecule has 1 N–H and O–H groups in total. The van der Waals surface area contributed by atoms with E-state index in [4.69, 9.17) is 0 Å². The minimum Gasteiger partial charge on any atom is -0.309 e. The Morgan fingerprint density at radius 1 is 1.42 bits per heavy atom. The Kier molecular flexibility index (Phi) is 4.66. The summed E-state index contributed by atoms with van der Waals surface area (Å²) in [5, 5.41) is 11.3. The number of rotatable bonds is 5. The van der Waals surface area contributed by atoms with Crippen LogP contribution in [0.25, 0.3) is 0 Å². The molecule has 0 saturated carbocycles. The highest BCUT2D eigenvalue weighted by molar-refractivity contribution is 9.10. The molecule has 0 saturated heterocycles. The van der Waals surface area contributed by atoms with Crippen molar-refractivity contribution in [1.29, 1.82) is 0 Å². The zero-order chi connectivity index (χ0) is 13.8. The maximum Gasteiger partial charge on any atom is 0.129 e. The monoisotopic (exact) mass is 326 g/mol. The normalized spacial score (nSPS) is 11.2. The zero-order valence-corrected chi connectivity index (χ0v) is 12.5. The summed E-state index contributed by atoms with van der Waals surface area (Å²) in [6, 6.07) is 5.41. The molecular formula is C13H16BrFN4. The molecule has 0 aliphatic carbocycles. The van der Waals surface area contributed by atoms with Crippen LogP contribution in [0.1, 0.15) is 25.1 Å². The highest BCUT2D eigenvalue weighted by atomic mass is 79.9. The summed E-state index contributed by atoms with van der Waals surface area (Å²) >= 11 is 3.24. The van der Waals surface area contributed by atoms with Crippen LogP contribution in [0.5, 0.6) is 0 Å². The molecule has 6 heteroatoms. The molecule has 0 spiro atoms. The fourth-order valence-corrected chi connectivity index (χ4v) is 1.96. The molecule has 0 amide bonds. The van der Waals surface area contributed by atoms with E-state index in [-0.39, 0.29) is 5.82 Å². The Bertz CT molecular complexity index is 553. The lowest BCUT2D eigenvalue weighted by Crippen LogP contribution is -2.21. The quantitative estimate of drug-likeness (QED) is 0.918. The molecule has 19 heavy (non-hydrogen) atoms. The molecule has 0 aliphatic rings. The predicted molar refractivity (Wildman–Crippen MR) is 75.2 cm³/mol. The van der Waals surface area contributed by atoms with Gasteiger partial charge < -0.3 is 5.32 Å². The second-order valence-corrected chi connectivity index (χ2v) is 5.59. The molecule has 2 aromatic rings. The van der Waals surface area contributed by atoms with Crippen molar-refractivity contribution >= 4 is 15.9 Å². The van der Waals surface area contributed by atoms with Crippen molar-refractivity contribution in [1.82, 2.24) is 20.3 Å². The van der Waals surface area contributed by atoms with E-state index in [0.29, 0.717) is 24.7 Å². The van der Waals surface area contributed by atoms with E-state index < -0.39 is 0 Å². The van der Waals surface area contributed by atoms with Gasteiger partial charge in [0.15, 0.2) is 0 Å². The molecular weight excluding hydrogens is 311 g/mol. The third-order valence-electron chi connectivity index (χ3n) is 2.62. The van der Waals surface area contributed by atoms with E-state index in [1.54, 1.807) is 10.7 Å². The molecule has 0 aliphatic heterocycles. The fraction of sp³-hybridized carbons (Fsp3) is 0.385. The van der Waals surface area contributed by atoms with E-state index in [1.807, 2.05) is 12.3 Å². The Balaban J connectivity index is 2.03. The highest BCUT2D eigenvalue weighted by Crippen LogP contribution is 2.16. The lowest BCUT2D eigenvalue weighted by Gasteiger charge is -2.04. The number of aromatic nitrogens is 3. The molecule has 4 nitrogen and oxygen atoms in total. The number of halogens is 2. The van der Waals surface area contributed by atoms with Crippen molar-refractivity contribution in [2.75, 3.05) is 0 Å². The van der Waals surface area contributed by atoms with Crippen molar-refractivity contribution in [3.8, 4) is 0 Å². The third-order valence-corrected chi connectivity index (χ3v) is 3.12. The molecule has 0 unspecified atom stereocenters. The van der Waals surface area contributed by atoms with E-state index >= 15 is 0 Å². The molecule has 2 rings (SSSR count). The lowest BCUT2D eigenvalue weighted by atomic mass is 10.2. The van der Waals surface area contributed by atoms with Gasteiger partial charge >= 0.3 is 0 Å². The summed E-state index contributed by atoms with van der Waals surface area (Å²) in [5.74, 6) is -0.244. The summed E-state index contributed by atoms with van der Waals surface area (Å²) in [4.78, 5) is 0. The number of benzene rings is 1. The van der Waals surface area contributed by atoms with Crippen LogP contribution < -0.4 is 5.32 Å². The minimum absolute atomic E-state index is 0.244. The van der Waals surface area contributed by atoms with Crippen molar-refractivity contribution in [2.45, 2.75) is 33.0 Å². The Hall–Kier alpha value is -1.27. The minimum atomic E-state index is -0.244. The van der Waals surface area contributed by atoms with Gasteiger partial charge in [-0.15, -0.1) is 5.10 Å². The van der Waals surface area contributed by atoms with E-state index in [0.717, 1.165) is 10.2 Å². The predicted octanol–water partition coefficient (Wildman–Crippen LogP) is 2.73. The van der Waals surface area contributed by atoms with Gasteiger partial charge in [-0.05, 0) is 12.1 Å². The van der Waals surface area contributed by atoms with Gasteiger partial charge in [0.25, 0.3) is 0 Å². The molecule has 0 atom stereocenters. The largest absolute Gasteiger partial charge is 0.309 e. The van der Waals surface area contributed by atoms with Gasteiger partial charge in [-0.3, -0.25) is 0 Å². The molecule has 102 valence electrons.